The number of nitrogens with zero attached hydrogens (tertiary/aromatic N) is 1. The summed E-state index contributed by atoms with van der Waals surface area (Å²) < 4.78 is 14.1. The summed E-state index contributed by atoms with van der Waals surface area (Å²) >= 11 is 3.21. The monoisotopic (exact) mass is 243 g/mol. The lowest BCUT2D eigenvalue weighted by atomic mass is 10.1. The van der Waals surface area contributed by atoms with Crippen LogP contribution in [-0.2, 0) is 4.84 Å². The van der Waals surface area contributed by atoms with Gasteiger partial charge in [-0.2, -0.15) is 4.09 Å². The molecule has 0 N–H and O–H groups in total. The largest absolute Gasteiger partial charge is 0.258 e. The first-order valence-electron chi connectivity index (χ1n) is 3.82. The second-order valence-electron chi connectivity index (χ2n) is 2.64. The van der Waals surface area contributed by atoms with Gasteiger partial charge in [0.05, 0.1) is 28.5 Å². The lowest BCUT2D eigenvalue weighted by Gasteiger charge is -2.11. The molecule has 0 radical (unpaired) electrons. The highest BCUT2D eigenvalue weighted by Gasteiger charge is 2.14. The van der Waals surface area contributed by atoms with Crippen LogP contribution in [0.3, 0.4) is 0 Å². The van der Waals surface area contributed by atoms with Crippen LogP contribution in [0.5, 0.6) is 0 Å². The quantitative estimate of drug-likeness (QED) is 0.704. The lowest BCUT2D eigenvalue weighted by molar-refractivity contribution is 0.0154. The molecular weight excluding hydrogens is 237 g/mol. The van der Waals surface area contributed by atoms with E-state index in [1.165, 1.54) is 16.2 Å². The molecule has 13 heavy (non-hydrogen) atoms. The van der Waals surface area contributed by atoms with E-state index in [0.29, 0.717) is 6.61 Å². The summed E-state index contributed by atoms with van der Waals surface area (Å²) in [6, 6.07) is 6.28. The van der Waals surface area contributed by atoms with Gasteiger partial charge in [0.2, 0.25) is 0 Å². The van der Waals surface area contributed by atoms with Gasteiger partial charge in [0.25, 0.3) is 0 Å². The number of hydrogen-bond donors (Lipinski definition) is 0. The maximum absolute atomic E-state index is 12.6. The molecule has 0 fully saturated rings. The van der Waals surface area contributed by atoms with Gasteiger partial charge in [-0.3, -0.25) is 4.84 Å². The van der Waals surface area contributed by atoms with Crippen LogP contribution in [0.4, 0.5) is 4.39 Å². The van der Waals surface area contributed by atoms with Crippen LogP contribution in [0.15, 0.2) is 30.3 Å². The number of rotatable bonds is 1. The molecule has 0 aliphatic carbocycles. The molecule has 2 nitrogen and oxygen atoms in total. The summed E-state index contributed by atoms with van der Waals surface area (Å²) in [4.78, 5) is 5.11. The Labute approximate surface area is 83.9 Å². The van der Waals surface area contributed by atoms with E-state index in [-0.39, 0.29) is 5.82 Å². The zero-order valence-corrected chi connectivity index (χ0v) is 8.29. The van der Waals surface area contributed by atoms with Crippen molar-refractivity contribution >= 4 is 21.8 Å². The van der Waals surface area contributed by atoms with Gasteiger partial charge < -0.3 is 0 Å². The van der Waals surface area contributed by atoms with Crippen molar-refractivity contribution in [2.45, 2.75) is 0 Å². The first kappa shape index (κ1) is 8.72. The minimum atomic E-state index is -0.232. The van der Waals surface area contributed by atoms with Gasteiger partial charge in [-0.05, 0) is 30.3 Å². The highest BCUT2D eigenvalue weighted by Crippen LogP contribution is 2.26. The van der Waals surface area contributed by atoms with Gasteiger partial charge in [0.1, 0.15) is 5.82 Å². The van der Waals surface area contributed by atoms with E-state index in [1.807, 2.05) is 6.08 Å². The summed E-state index contributed by atoms with van der Waals surface area (Å²) in [5.74, 6) is -0.232. The van der Waals surface area contributed by atoms with Gasteiger partial charge in [0.15, 0.2) is 0 Å². The van der Waals surface area contributed by atoms with Crippen LogP contribution in [-0.4, -0.2) is 10.7 Å². The molecule has 0 unspecified atom stereocenters. The van der Waals surface area contributed by atoms with Crippen LogP contribution in [0, 0.1) is 5.82 Å². The van der Waals surface area contributed by atoms with Crippen LogP contribution < -0.4 is 0 Å². The smallest absolute Gasteiger partial charge is 0.123 e. The minimum absolute atomic E-state index is 0.232. The standard InChI is InChI=1S/C9H7BrFNO/c10-12-9(5-6-13-12)7-1-3-8(11)4-2-7/h1-5H,6H2. The van der Waals surface area contributed by atoms with E-state index in [9.17, 15) is 4.39 Å². The minimum Gasteiger partial charge on any atom is -0.258 e. The Morgan fingerprint density at radius 1 is 1.31 bits per heavy atom. The van der Waals surface area contributed by atoms with Gasteiger partial charge in [-0.25, -0.2) is 4.39 Å². The Morgan fingerprint density at radius 3 is 2.54 bits per heavy atom. The molecular formula is C9H7BrFNO. The lowest BCUT2D eigenvalue weighted by Crippen LogP contribution is -2.02. The van der Waals surface area contributed by atoms with Gasteiger partial charge in [-0.1, -0.05) is 0 Å². The summed E-state index contributed by atoms with van der Waals surface area (Å²) in [7, 11) is 0. The number of hydrogen-bond acceptors (Lipinski definition) is 2. The molecule has 1 aromatic carbocycles. The van der Waals surface area contributed by atoms with E-state index < -0.39 is 0 Å². The zero-order chi connectivity index (χ0) is 9.26. The Kier molecular flexibility index (Phi) is 2.33. The average Bonchev–Trinajstić information content (AvgIpc) is 2.53. The third-order valence-electron chi connectivity index (χ3n) is 1.79. The first-order chi connectivity index (χ1) is 6.27. The molecule has 0 bridgehead atoms. The van der Waals surface area contributed by atoms with Crippen molar-refractivity contribution in [3.63, 3.8) is 0 Å². The Balaban J connectivity index is 2.30. The van der Waals surface area contributed by atoms with E-state index in [1.54, 1.807) is 12.1 Å². The molecule has 0 atom stereocenters. The van der Waals surface area contributed by atoms with Gasteiger partial charge >= 0.3 is 0 Å². The van der Waals surface area contributed by atoms with Crippen molar-refractivity contribution in [2.24, 2.45) is 0 Å². The van der Waals surface area contributed by atoms with Crippen LogP contribution >= 0.6 is 16.1 Å². The topological polar surface area (TPSA) is 12.5 Å². The predicted octanol–water partition coefficient (Wildman–Crippen LogP) is 2.72. The molecule has 0 saturated carbocycles. The summed E-state index contributed by atoms with van der Waals surface area (Å²) in [5.41, 5.74) is 1.83. The molecule has 0 aromatic heterocycles. The summed E-state index contributed by atoms with van der Waals surface area (Å²) in [6.07, 6.45) is 1.92. The number of benzene rings is 1. The molecule has 0 spiro atoms. The van der Waals surface area contributed by atoms with Crippen molar-refractivity contribution in [2.75, 3.05) is 6.61 Å². The van der Waals surface area contributed by atoms with Crippen molar-refractivity contribution in [1.29, 1.82) is 0 Å². The Bertz CT molecular complexity index is 336. The molecule has 1 aliphatic heterocycles. The molecule has 1 heterocycles. The Hall–Kier alpha value is -0.870. The van der Waals surface area contributed by atoms with Crippen LogP contribution in [0.1, 0.15) is 5.56 Å². The maximum atomic E-state index is 12.6. The normalized spacial score (nSPS) is 16.2. The second-order valence-corrected chi connectivity index (χ2v) is 3.28. The van der Waals surface area contributed by atoms with Crippen molar-refractivity contribution in [3.05, 3.63) is 41.7 Å². The molecule has 0 saturated heterocycles. The number of hydroxylamine groups is 1. The van der Waals surface area contributed by atoms with E-state index >= 15 is 0 Å². The first-order valence-corrected chi connectivity index (χ1v) is 4.53. The summed E-state index contributed by atoms with van der Waals surface area (Å²) in [5, 5.41) is 0. The molecule has 1 aliphatic rings. The van der Waals surface area contributed by atoms with E-state index in [2.05, 4.69) is 16.1 Å². The van der Waals surface area contributed by atoms with E-state index in [4.69, 9.17) is 4.84 Å². The van der Waals surface area contributed by atoms with E-state index in [0.717, 1.165) is 11.3 Å². The third-order valence-corrected chi connectivity index (χ3v) is 2.38. The Morgan fingerprint density at radius 2 is 2.00 bits per heavy atom. The number of halogens is 2. The van der Waals surface area contributed by atoms with Crippen LogP contribution in [0.2, 0.25) is 0 Å². The van der Waals surface area contributed by atoms with Crippen molar-refractivity contribution in [3.8, 4) is 0 Å². The van der Waals surface area contributed by atoms with Gasteiger partial charge in [0, 0.05) is 5.56 Å². The summed E-state index contributed by atoms with van der Waals surface area (Å²) in [6.45, 7) is 0.540. The molecule has 68 valence electrons. The molecule has 2 rings (SSSR count). The fourth-order valence-electron chi connectivity index (χ4n) is 1.16. The highest BCUT2D eigenvalue weighted by molar-refractivity contribution is 9.07. The molecule has 1 aromatic rings. The third kappa shape index (κ3) is 1.73. The molecule has 4 heteroatoms. The fourth-order valence-corrected chi connectivity index (χ4v) is 1.63. The fraction of sp³-hybridized carbons (Fsp3) is 0.111. The van der Waals surface area contributed by atoms with Crippen molar-refractivity contribution in [1.82, 2.24) is 4.09 Å². The van der Waals surface area contributed by atoms with Gasteiger partial charge in [-0.15, -0.1) is 0 Å². The second kappa shape index (κ2) is 3.47. The average molecular weight is 244 g/mol. The SMILES string of the molecule is Fc1ccc(C2=CCON2Br)cc1. The molecule has 0 amide bonds. The predicted molar refractivity (Wildman–Crippen MR) is 51.1 cm³/mol. The zero-order valence-electron chi connectivity index (χ0n) is 6.71. The maximum Gasteiger partial charge on any atom is 0.123 e. The van der Waals surface area contributed by atoms with Crippen LogP contribution in [0.25, 0.3) is 5.70 Å². The highest BCUT2D eigenvalue weighted by atomic mass is 79.9. The van der Waals surface area contributed by atoms with Crippen molar-refractivity contribution < 1.29 is 9.23 Å².